The van der Waals surface area contributed by atoms with Gasteiger partial charge in [0.25, 0.3) is 0 Å². The smallest absolute Gasteiger partial charge is 0.159 e. The first-order chi connectivity index (χ1) is 9.13. The lowest BCUT2D eigenvalue weighted by atomic mass is 9.93. The van der Waals surface area contributed by atoms with Crippen LogP contribution in [0.15, 0.2) is 18.2 Å². The molecule has 0 bridgehead atoms. The van der Waals surface area contributed by atoms with Crippen molar-refractivity contribution in [3.05, 3.63) is 35.4 Å². The molecule has 2 nitrogen and oxygen atoms in total. The molecule has 1 N–H and O–H groups in total. The van der Waals surface area contributed by atoms with E-state index in [0.29, 0.717) is 5.92 Å². The highest BCUT2D eigenvalue weighted by Gasteiger charge is 2.32. The summed E-state index contributed by atoms with van der Waals surface area (Å²) in [5.74, 6) is -1.07. The van der Waals surface area contributed by atoms with Crippen molar-refractivity contribution in [1.29, 1.82) is 0 Å². The molecule has 106 valence electrons. The van der Waals surface area contributed by atoms with Gasteiger partial charge in [-0.2, -0.15) is 0 Å². The Hall–Kier alpha value is -1.00. The minimum Gasteiger partial charge on any atom is -0.316 e. The third-order valence-corrected chi connectivity index (χ3v) is 3.89. The van der Waals surface area contributed by atoms with Gasteiger partial charge in [0.15, 0.2) is 11.6 Å². The lowest BCUT2D eigenvalue weighted by molar-refractivity contribution is 0.271. The Bertz CT molecular complexity index is 423. The highest BCUT2D eigenvalue weighted by Crippen LogP contribution is 2.36. The number of likely N-dealkylation sites (tertiary alicyclic amines) is 1. The Morgan fingerprint density at radius 2 is 2.11 bits per heavy atom. The van der Waals surface area contributed by atoms with Crippen molar-refractivity contribution in [2.24, 2.45) is 5.92 Å². The number of benzene rings is 1. The molecule has 0 amide bonds. The molecule has 0 radical (unpaired) electrons. The van der Waals surface area contributed by atoms with E-state index in [2.05, 4.69) is 17.1 Å². The Balaban J connectivity index is 2.11. The average Bonchev–Trinajstić information content (AvgIpc) is 2.75. The van der Waals surface area contributed by atoms with E-state index < -0.39 is 11.6 Å². The number of nitrogens with zero attached hydrogens (tertiary/aromatic N) is 1. The Labute approximate surface area is 113 Å². The predicted molar refractivity (Wildman–Crippen MR) is 73.0 cm³/mol. The molecule has 0 spiro atoms. The van der Waals surface area contributed by atoms with Gasteiger partial charge in [0.1, 0.15) is 0 Å². The minimum absolute atomic E-state index is 0.180. The third-order valence-electron chi connectivity index (χ3n) is 3.89. The summed E-state index contributed by atoms with van der Waals surface area (Å²) in [6, 6.07) is 4.46. The van der Waals surface area contributed by atoms with Crippen molar-refractivity contribution in [1.82, 2.24) is 10.2 Å². The van der Waals surface area contributed by atoms with Crippen LogP contribution in [0.1, 0.15) is 31.4 Å². The summed E-state index contributed by atoms with van der Waals surface area (Å²) >= 11 is 0. The fourth-order valence-corrected chi connectivity index (χ4v) is 2.93. The molecule has 1 saturated heterocycles. The predicted octanol–water partition coefficient (Wildman–Crippen LogP) is 2.96. The molecule has 19 heavy (non-hydrogen) atoms. The number of rotatable bonds is 5. The van der Waals surface area contributed by atoms with Crippen molar-refractivity contribution in [3.8, 4) is 0 Å². The summed E-state index contributed by atoms with van der Waals surface area (Å²) in [6.45, 7) is 5.08. The molecule has 0 aromatic heterocycles. The summed E-state index contributed by atoms with van der Waals surface area (Å²) in [5.41, 5.74) is 0.877. The zero-order chi connectivity index (χ0) is 13.8. The maximum atomic E-state index is 13.4. The van der Waals surface area contributed by atoms with Crippen LogP contribution in [-0.4, -0.2) is 31.6 Å². The Morgan fingerprint density at radius 1 is 1.32 bits per heavy atom. The first kappa shape index (κ1) is 14.4. The van der Waals surface area contributed by atoms with Gasteiger partial charge in [-0.1, -0.05) is 13.0 Å². The average molecular weight is 268 g/mol. The SMILES string of the molecule is CCCNCC1CCN(C)C1c1ccc(F)c(F)c1. The van der Waals surface area contributed by atoms with E-state index in [9.17, 15) is 8.78 Å². The molecule has 2 rings (SSSR count). The van der Waals surface area contributed by atoms with Crippen molar-refractivity contribution in [2.45, 2.75) is 25.8 Å². The first-order valence-corrected chi connectivity index (χ1v) is 6.99. The van der Waals surface area contributed by atoms with Crippen LogP contribution < -0.4 is 5.32 Å². The van der Waals surface area contributed by atoms with Gasteiger partial charge < -0.3 is 5.32 Å². The lowest BCUT2D eigenvalue weighted by Gasteiger charge is -2.26. The molecule has 0 aliphatic carbocycles. The minimum atomic E-state index is -0.773. The van der Waals surface area contributed by atoms with Crippen molar-refractivity contribution >= 4 is 0 Å². The van der Waals surface area contributed by atoms with Crippen molar-refractivity contribution < 1.29 is 8.78 Å². The first-order valence-electron chi connectivity index (χ1n) is 6.99. The molecule has 1 aliphatic heterocycles. The zero-order valence-corrected chi connectivity index (χ0v) is 11.6. The second-order valence-electron chi connectivity index (χ2n) is 5.35. The van der Waals surface area contributed by atoms with Crippen LogP contribution in [0, 0.1) is 17.6 Å². The summed E-state index contributed by atoms with van der Waals surface area (Å²) < 4.78 is 26.4. The molecule has 1 heterocycles. The van der Waals surface area contributed by atoms with Gasteiger partial charge >= 0.3 is 0 Å². The summed E-state index contributed by atoms with van der Waals surface area (Å²) in [4.78, 5) is 2.23. The van der Waals surface area contributed by atoms with Gasteiger partial charge in [0.05, 0.1) is 0 Å². The van der Waals surface area contributed by atoms with Crippen LogP contribution in [0.2, 0.25) is 0 Å². The van der Waals surface area contributed by atoms with E-state index >= 15 is 0 Å². The maximum Gasteiger partial charge on any atom is 0.159 e. The normalized spacial score (nSPS) is 24.0. The number of nitrogens with one attached hydrogen (secondary N) is 1. The van der Waals surface area contributed by atoms with Crippen LogP contribution in [0.3, 0.4) is 0 Å². The standard InChI is InChI=1S/C15H22F2N2/c1-3-7-18-10-12-6-8-19(2)15(12)11-4-5-13(16)14(17)9-11/h4-5,9,12,15,18H,3,6-8,10H2,1-2H3. The molecule has 1 fully saturated rings. The second-order valence-corrected chi connectivity index (χ2v) is 5.35. The molecule has 2 unspecified atom stereocenters. The fourth-order valence-electron chi connectivity index (χ4n) is 2.93. The van der Waals surface area contributed by atoms with Gasteiger partial charge in [-0.25, -0.2) is 8.78 Å². The summed E-state index contributed by atoms with van der Waals surface area (Å²) in [6.07, 6.45) is 2.20. The Kier molecular flexibility index (Phi) is 4.88. The van der Waals surface area contributed by atoms with Gasteiger partial charge in [-0.15, -0.1) is 0 Å². The quantitative estimate of drug-likeness (QED) is 0.826. The summed E-state index contributed by atoms with van der Waals surface area (Å²) in [5, 5.41) is 3.43. The van der Waals surface area contributed by atoms with E-state index in [-0.39, 0.29) is 6.04 Å². The van der Waals surface area contributed by atoms with Crippen molar-refractivity contribution in [2.75, 3.05) is 26.7 Å². The zero-order valence-electron chi connectivity index (χ0n) is 11.6. The molecule has 1 aromatic rings. The van der Waals surface area contributed by atoms with Crippen LogP contribution in [0.5, 0.6) is 0 Å². The molecule has 2 atom stereocenters. The number of hydrogen-bond donors (Lipinski definition) is 1. The van der Waals surface area contributed by atoms with E-state index in [4.69, 9.17) is 0 Å². The third kappa shape index (κ3) is 3.31. The van der Waals surface area contributed by atoms with Gasteiger partial charge in [-0.3, -0.25) is 4.90 Å². The van der Waals surface area contributed by atoms with E-state index in [1.165, 1.54) is 12.1 Å². The molecule has 1 aliphatic rings. The molecular formula is C15H22F2N2. The van der Waals surface area contributed by atoms with E-state index in [0.717, 1.165) is 38.0 Å². The number of hydrogen-bond acceptors (Lipinski definition) is 2. The van der Waals surface area contributed by atoms with E-state index in [1.807, 2.05) is 7.05 Å². The second kappa shape index (κ2) is 6.44. The molecule has 1 aromatic carbocycles. The van der Waals surface area contributed by atoms with E-state index in [1.54, 1.807) is 6.07 Å². The van der Waals surface area contributed by atoms with Crippen LogP contribution >= 0.6 is 0 Å². The van der Waals surface area contributed by atoms with Crippen LogP contribution in [-0.2, 0) is 0 Å². The van der Waals surface area contributed by atoms with Crippen LogP contribution in [0.25, 0.3) is 0 Å². The molecule has 4 heteroatoms. The van der Waals surface area contributed by atoms with Gasteiger partial charge in [-0.05, 0) is 63.1 Å². The highest BCUT2D eigenvalue weighted by atomic mass is 19.2. The number of halogens is 2. The van der Waals surface area contributed by atoms with Crippen LogP contribution in [0.4, 0.5) is 8.78 Å². The van der Waals surface area contributed by atoms with Crippen molar-refractivity contribution in [3.63, 3.8) is 0 Å². The maximum absolute atomic E-state index is 13.4. The monoisotopic (exact) mass is 268 g/mol. The lowest BCUT2D eigenvalue weighted by Crippen LogP contribution is -2.29. The summed E-state index contributed by atoms with van der Waals surface area (Å²) in [7, 11) is 2.05. The Morgan fingerprint density at radius 3 is 2.79 bits per heavy atom. The highest BCUT2D eigenvalue weighted by molar-refractivity contribution is 5.23. The topological polar surface area (TPSA) is 15.3 Å². The van der Waals surface area contributed by atoms with Gasteiger partial charge in [0, 0.05) is 6.04 Å². The molecular weight excluding hydrogens is 246 g/mol. The van der Waals surface area contributed by atoms with Gasteiger partial charge in [0.2, 0.25) is 0 Å². The largest absolute Gasteiger partial charge is 0.316 e. The fraction of sp³-hybridized carbons (Fsp3) is 0.600. The molecule has 0 saturated carbocycles.